The van der Waals surface area contributed by atoms with Crippen LogP contribution in [0.2, 0.25) is 5.02 Å². The number of carbonyl (C=O) groups excluding carboxylic acids is 1. The van der Waals surface area contributed by atoms with E-state index in [1.54, 1.807) is 24.3 Å². The summed E-state index contributed by atoms with van der Waals surface area (Å²) in [6.45, 7) is 0.531. The van der Waals surface area contributed by atoms with Crippen LogP contribution in [0.5, 0.6) is 0 Å². The molecule has 0 saturated carbocycles. The lowest BCUT2D eigenvalue weighted by atomic mass is 10.1. The van der Waals surface area contributed by atoms with Crippen LogP contribution in [0.3, 0.4) is 0 Å². The number of carboxylic acids is 1. The summed E-state index contributed by atoms with van der Waals surface area (Å²) in [5, 5.41) is 9.90. The first kappa shape index (κ1) is 14.9. The minimum atomic E-state index is -0.906. The van der Waals surface area contributed by atoms with Crippen molar-refractivity contribution in [2.75, 3.05) is 6.54 Å². The van der Waals surface area contributed by atoms with Crippen molar-refractivity contribution in [2.24, 2.45) is 0 Å². The molecule has 1 aromatic rings. The van der Waals surface area contributed by atoms with Crippen LogP contribution in [-0.2, 0) is 16.0 Å². The monoisotopic (exact) mass is 295 g/mol. The Kier molecular flexibility index (Phi) is 5.01. The van der Waals surface area contributed by atoms with Crippen molar-refractivity contribution >= 4 is 23.5 Å². The van der Waals surface area contributed by atoms with E-state index in [4.69, 9.17) is 11.6 Å². The molecule has 1 atom stereocenters. The molecule has 2 rings (SSSR count). The molecule has 0 spiro atoms. The van der Waals surface area contributed by atoms with Gasteiger partial charge in [0.05, 0.1) is 6.42 Å². The van der Waals surface area contributed by atoms with Gasteiger partial charge in [-0.1, -0.05) is 36.6 Å². The fourth-order valence-electron chi connectivity index (χ4n) is 2.54. The molecule has 1 fully saturated rings. The molecule has 108 valence electrons. The van der Waals surface area contributed by atoms with Crippen LogP contribution >= 0.6 is 11.6 Å². The smallest absolute Gasteiger partial charge is 0.326 e. The van der Waals surface area contributed by atoms with Gasteiger partial charge in [0, 0.05) is 11.6 Å². The maximum absolute atomic E-state index is 12.3. The van der Waals surface area contributed by atoms with Crippen molar-refractivity contribution in [1.29, 1.82) is 0 Å². The number of carboxylic acid groups (broad SMARTS) is 1. The highest BCUT2D eigenvalue weighted by Gasteiger charge is 2.30. The van der Waals surface area contributed by atoms with Crippen LogP contribution in [0.1, 0.15) is 31.2 Å². The van der Waals surface area contributed by atoms with Crippen LogP contribution in [0, 0.1) is 0 Å². The molecule has 1 unspecified atom stereocenters. The van der Waals surface area contributed by atoms with E-state index < -0.39 is 12.0 Å². The van der Waals surface area contributed by atoms with Gasteiger partial charge < -0.3 is 10.0 Å². The summed E-state index contributed by atoms with van der Waals surface area (Å²) >= 11 is 5.81. The van der Waals surface area contributed by atoms with Gasteiger partial charge in [0.25, 0.3) is 0 Å². The standard InChI is InChI=1S/C15H18ClNO3/c16-12-7-5-11(6-8-12)10-14(18)17-9-3-1-2-4-13(17)15(19)20/h5-8,13H,1-4,9-10H2,(H,19,20). The van der Waals surface area contributed by atoms with Crippen LogP contribution in [0.25, 0.3) is 0 Å². The minimum absolute atomic E-state index is 0.123. The highest BCUT2D eigenvalue weighted by atomic mass is 35.5. The molecule has 0 radical (unpaired) electrons. The molecule has 1 heterocycles. The second-order valence-electron chi connectivity index (χ2n) is 5.09. The Morgan fingerprint density at radius 1 is 1.20 bits per heavy atom. The van der Waals surface area contributed by atoms with E-state index in [9.17, 15) is 14.7 Å². The van der Waals surface area contributed by atoms with E-state index in [2.05, 4.69) is 0 Å². The average Bonchev–Trinajstić information content (AvgIpc) is 2.67. The van der Waals surface area contributed by atoms with Gasteiger partial charge in [0.1, 0.15) is 6.04 Å². The van der Waals surface area contributed by atoms with Crippen molar-refractivity contribution in [1.82, 2.24) is 4.90 Å². The second-order valence-corrected chi connectivity index (χ2v) is 5.53. The molecule has 1 aromatic carbocycles. The van der Waals surface area contributed by atoms with Gasteiger partial charge in [-0.15, -0.1) is 0 Å². The van der Waals surface area contributed by atoms with Gasteiger partial charge in [0.15, 0.2) is 0 Å². The van der Waals surface area contributed by atoms with E-state index in [0.29, 0.717) is 18.0 Å². The summed E-state index contributed by atoms with van der Waals surface area (Å²) in [6.07, 6.45) is 3.48. The van der Waals surface area contributed by atoms with Gasteiger partial charge in [-0.05, 0) is 30.5 Å². The molecular weight excluding hydrogens is 278 g/mol. The van der Waals surface area contributed by atoms with Crippen LogP contribution < -0.4 is 0 Å². The van der Waals surface area contributed by atoms with Crippen LogP contribution in [-0.4, -0.2) is 34.5 Å². The number of likely N-dealkylation sites (tertiary alicyclic amines) is 1. The maximum atomic E-state index is 12.3. The van der Waals surface area contributed by atoms with E-state index in [1.807, 2.05) is 0 Å². The Morgan fingerprint density at radius 3 is 2.55 bits per heavy atom. The molecule has 0 aromatic heterocycles. The lowest BCUT2D eigenvalue weighted by Crippen LogP contribution is -2.45. The lowest BCUT2D eigenvalue weighted by molar-refractivity contribution is -0.150. The highest BCUT2D eigenvalue weighted by Crippen LogP contribution is 2.19. The number of rotatable bonds is 3. The Bertz CT molecular complexity index is 486. The van der Waals surface area contributed by atoms with Crippen molar-refractivity contribution < 1.29 is 14.7 Å². The van der Waals surface area contributed by atoms with E-state index >= 15 is 0 Å². The van der Waals surface area contributed by atoms with Crippen LogP contribution in [0.15, 0.2) is 24.3 Å². The predicted octanol–water partition coefficient (Wildman–Crippen LogP) is 2.74. The third-order valence-electron chi connectivity index (χ3n) is 3.63. The van der Waals surface area contributed by atoms with Gasteiger partial charge >= 0.3 is 5.97 Å². The Hall–Kier alpha value is -1.55. The molecule has 20 heavy (non-hydrogen) atoms. The molecule has 1 saturated heterocycles. The first-order valence-corrected chi connectivity index (χ1v) is 7.22. The van der Waals surface area contributed by atoms with Gasteiger partial charge in [-0.25, -0.2) is 4.79 Å². The number of nitrogens with zero attached hydrogens (tertiary/aromatic N) is 1. The first-order valence-electron chi connectivity index (χ1n) is 6.84. The van der Waals surface area contributed by atoms with E-state index in [0.717, 1.165) is 24.8 Å². The fourth-order valence-corrected chi connectivity index (χ4v) is 2.67. The Morgan fingerprint density at radius 2 is 1.90 bits per heavy atom. The van der Waals surface area contributed by atoms with Gasteiger partial charge in [-0.3, -0.25) is 4.79 Å². The number of benzene rings is 1. The lowest BCUT2D eigenvalue weighted by Gasteiger charge is -2.27. The highest BCUT2D eigenvalue weighted by molar-refractivity contribution is 6.30. The van der Waals surface area contributed by atoms with Crippen molar-refractivity contribution in [2.45, 2.75) is 38.1 Å². The van der Waals surface area contributed by atoms with Gasteiger partial charge in [0.2, 0.25) is 5.91 Å². The number of aliphatic carboxylic acids is 1. The zero-order valence-electron chi connectivity index (χ0n) is 11.2. The quantitative estimate of drug-likeness (QED) is 0.933. The summed E-state index contributed by atoms with van der Waals surface area (Å²) in [6, 6.07) is 6.39. The zero-order chi connectivity index (χ0) is 14.5. The Balaban J connectivity index is 2.08. The van der Waals surface area contributed by atoms with E-state index in [1.165, 1.54) is 4.90 Å². The topological polar surface area (TPSA) is 57.6 Å². The molecule has 1 amide bonds. The third-order valence-corrected chi connectivity index (χ3v) is 3.88. The minimum Gasteiger partial charge on any atom is -0.480 e. The molecule has 0 aliphatic carbocycles. The molecular formula is C15H18ClNO3. The number of carbonyl (C=O) groups is 2. The molecule has 4 nitrogen and oxygen atoms in total. The van der Waals surface area contributed by atoms with Gasteiger partial charge in [-0.2, -0.15) is 0 Å². The van der Waals surface area contributed by atoms with E-state index in [-0.39, 0.29) is 12.3 Å². The third kappa shape index (κ3) is 3.73. The fraction of sp³-hybridized carbons (Fsp3) is 0.467. The molecule has 1 N–H and O–H groups in total. The van der Waals surface area contributed by atoms with Crippen LogP contribution in [0.4, 0.5) is 0 Å². The summed E-state index contributed by atoms with van der Waals surface area (Å²) in [5.41, 5.74) is 0.854. The van der Waals surface area contributed by atoms with Crippen molar-refractivity contribution in [3.8, 4) is 0 Å². The zero-order valence-corrected chi connectivity index (χ0v) is 12.0. The average molecular weight is 296 g/mol. The largest absolute Gasteiger partial charge is 0.480 e. The summed E-state index contributed by atoms with van der Waals surface area (Å²) < 4.78 is 0. The van der Waals surface area contributed by atoms with Crippen molar-refractivity contribution in [3.63, 3.8) is 0 Å². The molecule has 1 aliphatic heterocycles. The summed E-state index contributed by atoms with van der Waals surface area (Å²) in [7, 11) is 0. The first-order chi connectivity index (χ1) is 9.58. The number of amides is 1. The number of hydrogen-bond donors (Lipinski definition) is 1. The molecule has 5 heteroatoms. The SMILES string of the molecule is O=C(O)C1CCCCCN1C(=O)Cc1ccc(Cl)cc1. The molecule has 1 aliphatic rings. The second kappa shape index (κ2) is 6.75. The Labute approximate surface area is 123 Å². The number of halogens is 1. The summed E-state index contributed by atoms with van der Waals surface area (Å²) in [4.78, 5) is 25.2. The predicted molar refractivity (Wildman–Crippen MR) is 76.8 cm³/mol. The number of hydrogen-bond acceptors (Lipinski definition) is 2. The summed E-state index contributed by atoms with van der Waals surface area (Å²) in [5.74, 6) is -1.03. The van der Waals surface area contributed by atoms with Crippen molar-refractivity contribution in [3.05, 3.63) is 34.9 Å². The maximum Gasteiger partial charge on any atom is 0.326 e. The molecule has 0 bridgehead atoms. The normalized spacial score (nSPS) is 19.4.